The van der Waals surface area contributed by atoms with Crippen LogP contribution in [0.4, 0.5) is 11.8 Å². The Labute approximate surface area is 135 Å². The summed E-state index contributed by atoms with van der Waals surface area (Å²) in [4.78, 5) is 8.68. The minimum Gasteiger partial charge on any atom is -0.366 e. The van der Waals surface area contributed by atoms with Crippen LogP contribution in [0.1, 0.15) is 37.8 Å². The summed E-state index contributed by atoms with van der Waals surface area (Å²) in [5.74, 6) is 1.15. The van der Waals surface area contributed by atoms with E-state index >= 15 is 0 Å². The molecule has 1 aliphatic carbocycles. The number of anilines is 2. The maximum atomic E-state index is 9.24. The van der Waals surface area contributed by atoms with E-state index in [1.165, 1.54) is 6.42 Å². The van der Waals surface area contributed by atoms with Gasteiger partial charge in [0, 0.05) is 18.8 Å². The monoisotopic (exact) mass is 311 g/mol. The number of rotatable bonds is 6. The van der Waals surface area contributed by atoms with E-state index in [1.807, 2.05) is 6.20 Å². The van der Waals surface area contributed by atoms with Crippen molar-refractivity contribution in [2.45, 2.75) is 39.2 Å². The van der Waals surface area contributed by atoms with Crippen molar-refractivity contribution in [3.05, 3.63) is 29.7 Å². The summed E-state index contributed by atoms with van der Waals surface area (Å²) in [5.41, 5.74) is 1.85. The highest BCUT2D eigenvalue weighted by Crippen LogP contribution is 2.41. The van der Waals surface area contributed by atoms with E-state index in [-0.39, 0.29) is 5.41 Å². The Morgan fingerprint density at radius 1 is 1.43 bits per heavy atom. The van der Waals surface area contributed by atoms with Crippen LogP contribution in [-0.2, 0) is 6.42 Å². The van der Waals surface area contributed by atoms with Crippen molar-refractivity contribution in [3.63, 3.8) is 0 Å². The SMILES string of the molecule is CC1(C)CC[C@H]1Nc1nc(NCCc2cn[nH]c2)ncc1C#N. The molecular weight excluding hydrogens is 290 g/mol. The fourth-order valence-electron chi connectivity index (χ4n) is 2.69. The van der Waals surface area contributed by atoms with Gasteiger partial charge in [-0.2, -0.15) is 15.3 Å². The van der Waals surface area contributed by atoms with Crippen LogP contribution in [0.25, 0.3) is 0 Å². The molecule has 1 saturated carbocycles. The van der Waals surface area contributed by atoms with Crippen LogP contribution in [0.3, 0.4) is 0 Å². The number of hydrogen-bond donors (Lipinski definition) is 3. The van der Waals surface area contributed by atoms with Crippen molar-refractivity contribution in [1.29, 1.82) is 5.26 Å². The topological polar surface area (TPSA) is 102 Å². The van der Waals surface area contributed by atoms with Gasteiger partial charge in [-0.15, -0.1) is 0 Å². The average Bonchev–Trinajstić information content (AvgIpc) is 3.05. The van der Waals surface area contributed by atoms with Crippen molar-refractivity contribution < 1.29 is 0 Å². The van der Waals surface area contributed by atoms with Crippen LogP contribution >= 0.6 is 0 Å². The molecule has 2 heterocycles. The molecule has 1 aliphatic rings. The summed E-state index contributed by atoms with van der Waals surface area (Å²) in [6.07, 6.45) is 8.36. The zero-order valence-electron chi connectivity index (χ0n) is 13.4. The Balaban J connectivity index is 1.65. The van der Waals surface area contributed by atoms with Gasteiger partial charge in [-0.25, -0.2) is 4.98 Å². The molecule has 2 aromatic rings. The Kier molecular flexibility index (Phi) is 4.15. The largest absolute Gasteiger partial charge is 0.366 e. The normalized spacial score (nSPS) is 18.7. The number of nitriles is 1. The number of aromatic amines is 1. The lowest BCUT2D eigenvalue weighted by molar-refractivity contribution is 0.159. The fraction of sp³-hybridized carbons (Fsp3) is 0.500. The molecule has 0 aromatic carbocycles. The van der Waals surface area contributed by atoms with Crippen molar-refractivity contribution in [2.24, 2.45) is 5.41 Å². The molecule has 1 fully saturated rings. The molecule has 0 radical (unpaired) electrons. The molecule has 7 nitrogen and oxygen atoms in total. The summed E-state index contributed by atoms with van der Waals surface area (Å²) >= 11 is 0. The van der Waals surface area contributed by atoms with Gasteiger partial charge in [-0.05, 0) is 30.2 Å². The first kappa shape index (κ1) is 15.3. The average molecular weight is 311 g/mol. The van der Waals surface area contributed by atoms with Crippen LogP contribution in [0, 0.1) is 16.7 Å². The summed E-state index contributed by atoms with van der Waals surface area (Å²) in [7, 11) is 0. The van der Waals surface area contributed by atoms with Crippen molar-refractivity contribution in [2.75, 3.05) is 17.2 Å². The molecule has 1 atom stereocenters. The molecular formula is C16H21N7. The second-order valence-electron chi connectivity index (χ2n) is 6.58. The summed E-state index contributed by atoms with van der Waals surface area (Å²) in [6, 6.07) is 2.50. The van der Waals surface area contributed by atoms with E-state index in [4.69, 9.17) is 0 Å². The lowest BCUT2D eigenvalue weighted by atomic mass is 9.67. The molecule has 0 saturated heterocycles. The standard InChI is InChI=1S/C16H21N7/c1-16(2)5-3-13(16)22-14-12(7-17)10-19-15(23-14)18-6-4-11-8-20-21-9-11/h8-10,13H,3-6H2,1-2H3,(H,20,21)(H2,18,19,22,23)/t13-/m1/s1. The first-order valence-corrected chi connectivity index (χ1v) is 7.84. The van der Waals surface area contributed by atoms with Gasteiger partial charge in [0.2, 0.25) is 5.95 Å². The molecule has 0 amide bonds. The quantitative estimate of drug-likeness (QED) is 0.756. The van der Waals surface area contributed by atoms with Gasteiger partial charge in [-0.1, -0.05) is 13.8 Å². The summed E-state index contributed by atoms with van der Waals surface area (Å²) in [6.45, 7) is 5.16. The third-order valence-corrected chi connectivity index (χ3v) is 4.49. The molecule has 0 bridgehead atoms. The smallest absolute Gasteiger partial charge is 0.224 e. The van der Waals surface area contributed by atoms with Crippen LogP contribution in [0.2, 0.25) is 0 Å². The van der Waals surface area contributed by atoms with E-state index in [9.17, 15) is 5.26 Å². The highest BCUT2D eigenvalue weighted by molar-refractivity contribution is 5.54. The van der Waals surface area contributed by atoms with E-state index in [0.717, 1.165) is 18.4 Å². The van der Waals surface area contributed by atoms with Gasteiger partial charge < -0.3 is 10.6 Å². The minimum absolute atomic E-state index is 0.243. The predicted octanol–water partition coefficient (Wildman–Crippen LogP) is 2.33. The molecule has 3 N–H and O–H groups in total. The van der Waals surface area contributed by atoms with Gasteiger partial charge in [0.15, 0.2) is 0 Å². The number of nitrogens with zero attached hydrogens (tertiary/aromatic N) is 4. The van der Waals surface area contributed by atoms with E-state index in [1.54, 1.807) is 12.4 Å². The molecule has 3 rings (SSSR count). The molecule has 23 heavy (non-hydrogen) atoms. The van der Waals surface area contributed by atoms with Crippen LogP contribution in [0.15, 0.2) is 18.6 Å². The van der Waals surface area contributed by atoms with Crippen molar-refractivity contribution in [1.82, 2.24) is 20.2 Å². The van der Waals surface area contributed by atoms with Crippen LogP contribution in [-0.4, -0.2) is 32.8 Å². The molecule has 0 unspecified atom stereocenters. The second kappa shape index (κ2) is 6.24. The van der Waals surface area contributed by atoms with E-state index in [0.29, 0.717) is 29.9 Å². The maximum Gasteiger partial charge on any atom is 0.224 e. The second-order valence-corrected chi connectivity index (χ2v) is 6.58. The first-order valence-electron chi connectivity index (χ1n) is 7.84. The number of aromatic nitrogens is 4. The van der Waals surface area contributed by atoms with Gasteiger partial charge in [0.05, 0.1) is 12.4 Å². The summed E-state index contributed by atoms with van der Waals surface area (Å²) < 4.78 is 0. The van der Waals surface area contributed by atoms with Crippen molar-refractivity contribution >= 4 is 11.8 Å². The van der Waals surface area contributed by atoms with Gasteiger partial charge >= 0.3 is 0 Å². The fourth-order valence-corrected chi connectivity index (χ4v) is 2.69. The van der Waals surface area contributed by atoms with Gasteiger partial charge in [0.25, 0.3) is 0 Å². The van der Waals surface area contributed by atoms with Gasteiger partial charge in [-0.3, -0.25) is 5.10 Å². The zero-order valence-corrected chi connectivity index (χ0v) is 13.4. The highest BCUT2D eigenvalue weighted by Gasteiger charge is 2.38. The summed E-state index contributed by atoms with van der Waals surface area (Å²) in [5, 5.41) is 22.5. The third kappa shape index (κ3) is 3.42. The molecule has 0 spiro atoms. The van der Waals surface area contributed by atoms with Crippen molar-refractivity contribution in [3.8, 4) is 6.07 Å². The zero-order chi connectivity index (χ0) is 16.3. The lowest BCUT2D eigenvalue weighted by Crippen LogP contribution is -2.45. The Bertz CT molecular complexity index is 700. The first-order chi connectivity index (χ1) is 11.1. The van der Waals surface area contributed by atoms with E-state index in [2.05, 4.69) is 50.7 Å². The number of nitrogens with one attached hydrogen (secondary N) is 3. The lowest BCUT2D eigenvalue weighted by Gasteiger charge is -2.45. The maximum absolute atomic E-state index is 9.24. The number of hydrogen-bond acceptors (Lipinski definition) is 6. The molecule has 2 aromatic heterocycles. The molecule has 7 heteroatoms. The van der Waals surface area contributed by atoms with Crippen LogP contribution in [0.5, 0.6) is 0 Å². The third-order valence-electron chi connectivity index (χ3n) is 4.49. The minimum atomic E-state index is 0.243. The number of H-pyrrole nitrogens is 1. The Hall–Kier alpha value is -2.62. The highest BCUT2D eigenvalue weighted by atomic mass is 15.2. The Morgan fingerprint density at radius 3 is 2.91 bits per heavy atom. The molecule has 120 valence electrons. The predicted molar refractivity (Wildman–Crippen MR) is 88.0 cm³/mol. The van der Waals surface area contributed by atoms with Crippen LogP contribution < -0.4 is 10.6 Å². The Morgan fingerprint density at radius 2 is 2.30 bits per heavy atom. The van der Waals surface area contributed by atoms with Gasteiger partial charge in [0.1, 0.15) is 17.5 Å². The molecule has 0 aliphatic heterocycles. The van der Waals surface area contributed by atoms with E-state index < -0.39 is 0 Å².